The predicted molar refractivity (Wildman–Crippen MR) is 88.6 cm³/mol. The summed E-state index contributed by atoms with van der Waals surface area (Å²) in [5.74, 6) is 1.06. The highest BCUT2D eigenvalue weighted by Gasteiger charge is 2.43. The zero-order valence-electron chi connectivity index (χ0n) is 14.0. The van der Waals surface area contributed by atoms with E-state index in [-0.39, 0.29) is 11.9 Å². The standard InChI is InChI=1S/C19H26O4/c1-12-8-9-14-11-15(19(22)23-3)10-13(2)18(14)16(12)6-4-5-7-17(20)21/h4-9,12-16,18H,10-11H2,1-3H3,(H,20,21). The van der Waals surface area contributed by atoms with E-state index in [1.165, 1.54) is 7.11 Å². The molecule has 0 amide bonds. The summed E-state index contributed by atoms with van der Waals surface area (Å²) in [6, 6.07) is 0. The lowest BCUT2D eigenvalue weighted by Crippen LogP contribution is -2.41. The van der Waals surface area contributed by atoms with Crippen LogP contribution in [0.4, 0.5) is 0 Å². The summed E-state index contributed by atoms with van der Waals surface area (Å²) in [4.78, 5) is 22.4. The van der Waals surface area contributed by atoms with Crippen LogP contribution >= 0.6 is 0 Å². The van der Waals surface area contributed by atoms with Crippen molar-refractivity contribution in [3.8, 4) is 0 Å². The Kier molecular flexibility index (Phi) is 5.80. The number of carboxylic acids is 1. The predicted octanol–water partition coefficient (Wildman–Crippen LogP) is 3.46. The van der Waals surface area contributed by atoms with Crippen LogP contribution in [0.15, 0.2) is 36.5 Å². The molecule has 2 aliphatic carbocycles. The SMILES string of the molecule is COC(=O)C1CC(C)C2C(C=CC(C)C2C=CC=CC(=O)O)C1. The van der Waals surface area contributed by atoms with Gasteiger partial charge in [0.1, 0.15) is 0 Å². The van der Waals surface area contributed by atoms with Gasteiger partial charge in [-0.25, -0.2) is 4.79 Å². The monoisotopic (exact) mass is 318 g/mol. The number of hydrogen-bond acceptors (Lipinski definition) is 3. The summed E-state index contributed by atoms with van der Waals surface area (Å²) >= 11 is 0. The van der Waals surface area contributed by atoms with Gasteiger partial charge in [0, 0.05) is 6.08 Å². The summed E-state index contributed by atoms with van der Waals surface area (Å²) in [7, 11) is 1.46. The molecule has 0 aromatic heterocycles. The van der Waals surface area contributed by atoms with Crippen molar-refractivity contribution in [1.29, 1.82) is 0 Å². The molecule has 6 unspecified atom stereocenters. The fourth-order valence-electron chi connectivity index (χ4n) is 4.27. The average Bonchev–Trinajstić information content (AvgIpc) is 2.52. The summed E-state index contributed by atoms with van der Waals surface area (Å²) in [6.45, 7) is 4.41. The molecule has 126 valence electrons. The lowest BCUT2D eigenvalue weighted by molar-refractivity contribution is -0.148. The number of fused-ring (bicyclic) bond motifs is 1. The van der Waals surface area contributed by atoms with Gasteiger partial charge < -0.3 is 9.84 Å². The lowest BCUT2D eigenvalue weighted by atomic mass is 9.59. The Labute approximate surface area is 137 Å². The number of rotatable bonds is 4. The van der Waals surface area contributed by atoms with Gasteiger partial charge in [-0.2, -0.15) is 0 Å². The van der Waals surface area contributed by atoms with Crippen LogP contribution in [0.1, 0.15) is 26.7 Å². The van der Waals surface area contributed by atoms with E-state index in [0.717, 1.165) is 18.9 Å². The smallest absolute Gasteiger partial charge is 0.328 e. The van der Waals surface area contributed by atoms with Gasteiger partial charge in [-0.1, -0.05) is 44.2 Å². The third-order valence-corrected chi connectivity index (χ3v) is 5.30. The number of aliphatic carboxylic acids is 1. The van der Waals surface area contributed by atoms with E-state index >= 15 is 0 Å². The highest BCUT2D eigenvalue weighted by atomic mass is 16.5. The molecule has 0 aromatic rings. The van der Waals surface area contributed by atoms with Gasteiger partial charge >= 0.3 is 11.9 Å². The zero-order chi connectivity index (χ0) is 17.0. The maximum atomic E-state index is 11.9. The molecular weight excluding hydrogens is 292 g/mol. The molecule has 0 spiro atoms. The first-order valence-electron chi connectivity index (χ1n) is 8.28. The first-order chi connectivity index (χ1) is 10.9. The maximum absolute atomic E-state index is 11.9. The van der Waals surface area contributed by atoms with Gasteiger partial charge in [-0.05, 0) is 42.4 Å². The number of allylic oxidation sites excluding steroid dienone is 5. The van der Waals surface area contributed by atoms with Crippen LogP contribution in [0.25, 0.3) is 0 Å². The van der Waals surface area contributed by atoms with E-state index in [1.54, 1.807) is 6.08 Å². The Morgan fingerprint density at radius 1 is 1.17 bits per heavy atom. The molecule has 0 aromatic carbocycles. The third kappa shape index (κ3) is 4.12. The topological polar surface area (TPSA) is 63.6 Å². The number of carbonyl (C=O) groups excluding carboxylic acids is 1. The third-order valence-electron chi connectivity index (χ3n) is 5.30. The second kappa shape index (κ2) is 7.62. The van der Waals surface area contributed by atoms with Gasteiger partial charge in [-0.15, -0.1) is 0 Å². The highest BCUT2D eigenvalue weighted by Crippen LogP contribution is 2.48. The normalized spacial score (nSPS) is 37.0. The minimum atomic E-state index is -0.934. The van der Waals surface area contributed by atoms with E-state index in [1.807, 2.05) is 6.08 Å². The molecule has 0 bridgehead atoms. The molecule has 4 nitrogen and oxygen atoms in total. The molecular formula is C19H26O4. The van der Waals surface area contributed by atoms with Crippen LogP contribution in [0, 0.1) is 35.5 Å². The van der Waals surface area contributed by atoms with Crippen molar-refractivity contribution in [2.24, 2.45) is 35.5 Å². The fraction of sp³-hybridized carbons (Fsp3) is 0.579. The van der Waals surface area contributed by atoms with Crippen molar-refractivity contribution in [3.05, 3.63) is 36.5 Å². The number of ether oxygens (including phenoxy) is 1. The fourth-order valence-corrected chi connectivity index (χ4v) is 4.27. The number of hydrogen-bond donors (Lipinski definition) is 1. The number of carbonyl (C=O) groups is 2. The Bertz CT molecular complexity index is 531. The molecule has 0 saturated heterocycles. The van der Waals surface area contributed by atoms with Crippen LogP contribution in [-0.2, 0) is 14.3 Å². The molecule has 0 heterocycles. The lowest BCUT2D eigenvalue weighted by Gasteiger charge is -2.46. The largest absolute Gasteiger partial charge is 0.478 e. The molecule has 4 heteroatoms. The van der Waals surface area contributed by atoms with Crippen molar-refractivity contribution < 1.29 is 19.4 Å². The average molecular weight is 318 g/mol. The highest BCUT2D eigenvalue weighted by molar-refractivity contribution is 5.80. The van der Waals surface area contributed by atoms with Crippen molar-refractivity contribution in [1.82, 2.24) is 0 Å². The van der Waals surface area contributed by atoms with E-state index in [4.69, 9.17) is 9.84 Å². The molecule has 23 heavy (non-hydrogen) atoms. The second-order valence-electron chi connectivity index (χ2n) is 6.81. The minimum absolute atomic E-state index is 0.00848. The summed E-state index contributed by atoms with van der Waals surface area (Å²) < 4.78 is 4.93. The van der Waals surface area contributed by atoms with Crippen LogP contribution < -0.4 is 0 Å². The summed E-state index contributed by atoms with van der Waals surface area (Å²) in [6.07, 6.45) is 12.9. The molecule has 1 N–H and O–H groups in total. The Morgan fingerprint density at radius 3 is 2.57 bits per heavy atom. The first kappa shape index (κ1) is 17.5. The van der Waals surface area contributed by atoms with Crippen LogP contribution in [0.5, 0.6) is 0 Å². The zero-order valence-corrected chi connectivity index (χ0v) is 14.0. The van der Waals surface area contributed by atoms with E-state index in [0.29, 0.717) is 29.6 Å². The van der Waals surface area contributed by atoms with Crippen LogP contribution in [0.2, 0.25) is 0 Å². The minimum Gasteiger partial charge on any atom is -0.478 e. The van der Waals surface area contributed by atoms with Crippen LogP contribution in [-0.4, -0.2) is 24.2 Å². The van der Waals surface area contributed by atoms with Gasteiger partial charge in [-0.3, -0.25) is 4.79 Å². The molecule has 0 radical (unpaired) electrons. The number of methoxy groups -OCH3 is 1. The molecule has 6 atom stereocenters. The van der Waals surface area contributed by atoms with Crippen LogP contribution in [0.3, 0.4) is 0 Å². The van der Waals surface area contributed by atoms with Crippen molar-refractivity contribution in [3.63, 3.8) is 0 Å². The van der Waals surface area contributed by atoms with Gasteiger partial charge in [0.15, 0.2) is 0 Å². The van der Waals surface area contributed by atoms with Gasteiger partial charge in [0.05, 0.1) is 13.0 Å². The number of esters is 1. The molecule has 0 aliphatic heterocycles. The second-order valence-corrected chi connectivity index (χ2v) is 6.81. The molecule has 1 fully saturated rings. The Balaban J connectivity index is 2.15. The number of carboxylic acid groups (broad SMARTS) is 1. The molecule has 2 aliphatic rings. The quantitative estimate of drug-likeness (QED) is 0.373. The first-order valence-corrected chi connectivity index (χ1v) is 8.28. The Hall–Kier alpha value is -1.84. The summed E-state index contributed by atoms with van der Waals surface area (Å²) in [5, 5.41) is 8.66. The molecule has 1 saturated carbocycles. The van der Waals surface area contributed by atoms with E-state index in [2.05, 4.69) is 32.1 Å². The van der Waals surface area contributed by atoms with Crippen molar-refractivity contribution in [2.45, 2.75) is 26.7 Å². The van der Waals surface area contributed by atoms with Crippen molar-refractivity contribution in [2.75, 3.05) is 7.11 Å². The van der Waals surface area contributed by atoms with Gasteiger partial charge in [0.25, 0.3) is 0 Å². The van der Waals surface area contributed by atoms with E-state index < -0.39 is 5.97 Å². The summed E-state index contributed by atoms with van der Waals surface area (Å²) in [5.41, 5.74) is 0. The Morgan fingerprint density at radius 2 is 1.91 bits per heavy atom. The van der Waals surface area contributed by atoms with Crippen molar-refractivity contribution >= 4 is 11.9 Å². The van der Waals surface area contributed by atoms with Gasteiger partial charge in [0.2, 0.25) is 0 Å². The molecule has 2 rings (SSSR count). The maximum Gasteiger partial charge on any atom is 0.328 e. The van der Waals surface area contributed by atoms with E-state index in [9.17, 15) is 9.59 Å².